The van der Waals surface area contributed by atoms with Crippen molar-refractivity contribution in [1.82, 2.24) is 10.6 Å². The van der Waals surface area contributed by atoms with Crippen LogP contribution in [0.2, 0.25) is 0 Å². The number of hydrogen-bond acceptors (Lipinski definition) is 3. The highest BCUT2D eigenvalue weighted by molar-refractivity contribution is 5.85. The number of piperidine rings is 1. The molecule has 2 heterocycles. The van der Waals surface area contributed by atoms with Crippen LogP contribution in [0.5, 0.6) is 5.75 Å². The van der Waals surface area contributed by atoms with Crippen LogP contribution < -0.4 is 15.4 Å². The number of nitrogens with one attached hydrogen (secondary N) is 2. The summed E-state index contributed by atoms with van der Waals surface area (Å²) in [6.07, 6.45) is 3.45. The minimum absolute atomic E-state index is 0. The van der Waals surface area contributed by atoms with Crippen LogP contribution in [0.4, 0.5) is 0 Å². The summed E-state index contributed by atoms with van der Waals surface area (Å²) in [5.74, 6) is 1.12. The molecule has 2 atom stereocenters. The maximum Gasteiger partial charge on any atom is 0.127 e. The molecule has 0 saturated carbocycles. The molecule has 0 aromatic heterocycles. The molecule has 2 N–H and O–H groups in total. The molecular weight excluding hydrogens is 368 g/mol. The van der Waals surface area contributed by atoms with Gasteiger partial charge in [-0.25, -0.2) is 0 Å². The number of ether oxygens (including phenoxy) is 1. The molecule has 3 nitrogen and oxygen atoms in total. The van der Waals surface area contributed by atoms with Crippen LogP contribution in [-0.4, -0.2) is 19.2 Å². The van der Waals surface area contributed by atoms with Gasteiger partial charge in [-0.3, -0.25) is 0 Å². The van der Waals surface area contributed by atoms with Crippen molar-refractivity contribution in [1.29, 1.82) is 0 Å². The topological polar surface area (TPSA) is 33.3 Å². The lowest BCUT2D eigenvalue weighted by molar-refractivity contribution is 0.301. The highest BCUT2D eigenvalue weighted by Gasteiger charge is 2.27. The molecular formula is C24H33ClN2O. The van der Waals surface area contributed by atoms with E-state index in [1.54, 1.807) is 0 Å². The Morgan fingerprint density at radius 2 is 1.93 bits per heavy atom. The Balaban J connectivity index is 0.00000225. The fourth-order valence-electron chi connectivity index (χ4n) is 4.31. The van der Waals surface area contributed by atoms with Crippen molar-refractivity contribution in [3.8, 4) is 5.75 Å². The Morgan fingerprint density at radius 1 is 1.14 bits per heavy atom. The molecule has 0 amide bonds. The van der Waals surface area contributed by atoms with Gasteiger partial charge in [-0.15, -0.1) is 12.4 Å². The van der Waals surface area contributed by atoms with Gasteiger partial charge in [0.1, 0.15) is 5.75 Å². The smallest absolute Gasteiger partial charge is 0.127 e. The van der Waals surface area contributed by atoms with Gasteiger partial charge in [0.15, 0.2) is 0 Å². The Bertz CT molecular complexity index is 785. The molecule has 1 fully saturated rings. The van der Waals surface area contributed by atoms with Crippen LogP contribution >= 0.6 is 12.4 Å². The van der Waals surface area contributed by atoms with Gasteiger partial charge in [-0.2, -0.15) is 0 Å². The summed E-state index contributed by atoms with van der Waals surface area (Å²) in [5.41, 5.74) is 5.63. The number of hydrogen-bond donors (Lipinski definition) is 2. The predicted molar refractivity (Wildman–Crippen MR) is 119 cm³/mol. The number of benzene rings is 2. The van der Waals surface area contributed by atoms with E-state index in [1.807, 2.05) is 0 Å². The predicted octanol–water partition coefficient (Wildman–Crippen LogP) is 4.92. The first-order chi connectivity index (χ1) is 13.0. The van der Waals surface area contributed by atoms with E-state index >= 15 is 0 Å². The van der Waals surface area contributed by atoms with Crippen molar-refractivity contribution in [3.05, 3.63) is 64.7 Å². The summed E-state index contributed by atoms with van der Waals surface area (Å²) in [7, 11) is 0. The first kappa shape index (κ1) is 21.2. The Morgan fingerprint density at radius 3 is 2.68 bits per heavy atom. The van der Waals surface area contributed by atoms with Crippen molar-refractivity contribution in [2.75, 3.05) is 13.2 Å². The summed E-state index contributed by atoms with van der Waals surface area (Å²) in [6, 6.07) is 16.3. The van der Waals surface area contributed by atoms with E-state index in [2.05, 4.69) is 73.9 Å². The molecule has 0 bridgehead atoms. The lowest BCUT2D eigenvalue weighted by atomic mass is 9.84. The van der Waals surface area contributed by atoms with Crippen LogP contribution in [-0.2, 0) is 18.4 Å². The second kappa shape index (κ2) is 8.86. The van der Waals surface area contributed by atoms with Crippen molar-refractivity contribution < 1.29 is 4.74 Å². The third-order valence-electron chi connectivity index (χ3n) is 5.90. The zero-order valence-electron chi connectivity index (χ0n) is 17.3. The molecule has 0 unspecified atom stereocenters. The molecule has 0 aliphatic carbocycles. The Hall–Kier alpha value is -1.55. The minimum Gasteiger partial charge on any atom is -0.493 e. The van der Waals surface area contributed by atoms with Gasteiger partial charge in [0, 0.05) is 30.6 Å². The standard InChI is InChI=1S/C24H32N2O.ClH/c1-24(2,3)20-14-18-11-13-27-23(18)19(15-20)16-26-21-10-7-12-25-22(21)17-8-5-4-6-9-17;/h4-6,8-9,14-15,21-22,25-26H,7,10-13,16H2,1-3H3;1H/t21-,22-;/m0./s1. The molecule has 2 aliphatic heterocycles. The van der Waals surface area contributed by atoms with E-state index in [9.17, 15) is 0 Å². The number of rotatable bonds is 4. The van der Waals surface area contributed by atoms with E-state index in [4.69, 9.17) is 4.74 Å². The van der Waals surface area contributed by atoms with Crippen LogP contribution in [0.1, 0.15) is 61.9 Å². The highest BCUT2D eigenvalue weighted by Crippen LogP contribution is 2.35. The fourth-order valence-corrected chi connectivity index (χ4v) is 4.31. The van der Waals surface area contributed by atoms with E-state index in [0.29, 0.717) is 12.1 Å². The average Bonchev–Trinajstić information content (AvgIpc) is 3.15. The summed E-state index contributed by atoms with van der Waals surface area (Å²) in [4.78, 5) is 0. The number of fused-ring (bicyclic) bond motifs is 1. The van der Waals surface area contributed by atoms with Crippen molar-refractivity contribution in [3.63, 3.8) is 0 Å². The molecule has 0 spiro atoms. The molecule has 0 radical (unpaired) electrons. The SMILES string of the molecule is CC(C)(C)c1cc2c(c(CN[C@H]3CCCN[C@H]3c3ccccc3)c1)OCC2.Cl. The summed E-state index contributed by atoms with van der Waals surface area (Å²) >= 11 is 0. The van der Waals surface area contributed by atoms with E-state index < -0.39 is 0 Å². The molecule has 4 rings (SSSR count). The summed E-state index contributed by atoms with van der Waals surface area (Å²) < 4.78 is 5.99. The van der Waals surface area contributed by atoms with Gasteiger partial charge in [-0.05, 0) is 41.5 Å². The molecule has 1 saturated heterocycles. The van der Waals surface area contributed by atoms with E-state index in [0.717, 1.165) is 31.9 Å². The van der Waals surface area contributed by atoms with Gasteiger partial charge in [0.25, 0.3) is 0 Å². The first-order valence-corrected chi connectivity index (χ1v) is 10.3. The third-order valence-corrected chi connectivity index (χ3v) is 5.90. The zero-order chi connectivity index (χ0) is 18.9. The second-order valence-corrected chi connectivity index (χ2v) is 8.94. The first-order valence-electron chi connectivity index (χ1n) is 10.3. The van der Waals surface area contributed by atoms with E-state index in [-0.39, 0.29) is 17.8 Å². The van der Waals surface area contributed by atoms with E-state index in [1.165, 1.54) is 35.1 Å². The lowest BCUT2D eigenvalue weighted by Gasteiger charge is -2.34. The Labute approximate surface area is 175 Å². The largest absolute Gasteiger partial charge is 0.493 e. The van der Waals surface area contributed by atoms with Gasteiger partial charge in [0.2, 0.25) is 0 Å². The van der Waals surface area contributed by atoms with Crippen molar-refractivity contribution >= 4 is 12.4 Å². The monoisotopic (exact) mass is 400 g/mol. The fraction of sp³-hybridized carbons (Fsp3) is 0.500. The molecule has 2 aromatic rings. The van der Waals surface area contributed by atoms with Gasteiger partial charge in [0.05, 0.1) is 6.61 Å². The summed E-state index contributed by atoms with van der Waals surface area (Å²) in [6.45, 7) is 9.64. The van der Waals surface area contributed by atoms with Gasteiger partial charge < -0.3 is 15.4 Å². The van der Waals surface area contributed by atoms with Crippen LogP contribution in [0.3, 0.4) is 0 Å². The highest BCUT2D eigenvalue weighted by atomic mass is 35.5. The maximum absolute atomic E-state index is 5.99. The minimum atomic E-state index is 0. The molecule has 28 heavy (non-hydrogen) atoms. The van der Waals surface area contributed by atoms with Crippen LogP contribution in [0.15, 0.2) is 42.5 Å². The second-order valence-electron chi connectivity index (χ2n) is 8.94. The quantitative estimate of drug-likeness (QED) is 0.763. The molecule has 2 aromatic carbocycles. The molecule has 2 aliphatic rings. The van der Waals surface area contributed by atoms with Gasteiger partial charge >= 0.3 is 0 Å². The van der Waals surface area contributed by atoms with Crippen molar-refractivity contribution in [2.45, 2.75) is 64.1 Å². The lowest BCUT2D eigenvalue weighted by Crippen LogP contribution is -2.45. The Kier molecular flexibility index (Phi) is 6.69. The summed E-state index contributed by atoms with van der Waals surface area (Å²) in [5, 5.41) is 7.57. The maximum atomic E-state index is 5.99. The normalized spacial score (nSPS) is 21.5. The third kappa shape index (κ3) is 4.53. The average molecular weight is 401 g/mol. The number of halogens is 1. The van der Waals surface area contributed by atoms with Crippen LogP contribution in [0, 0.1) is 0 Å². The molecule has 152 valence electrons. The van der Waals surface area contributed by atoms with Crippen LogP contribution in [0.25, 0.3) is 0 Å². The van der Waals surface area contributed by atoms with Crippen molar-refractivity contribution in [2.24, 2.45) is 0 Å². The molecule has 4 heteroatoms. The zero-order valence-corrected chi connectivity index (χ0v) is 18.1. The van der Waals surface area contributed by atoms with Gasteiger partial charge in [-0.1, -0.05) is 63.2 Å².